The van der Waals surface area contributed by atoms with Crippen molar-refractivity contribution in [3.63, 3.8) is 0 Å². The van der Waals surface area contributed by atoms with Gasteiger partial charge in [0.05, 0.1) is 6.54 Å². The zero-order chi connectivity index (χ0) is 15.7. The molecule has 1 unspecified atom stereocenters. The lowest BCUT2D eigenvalue weighted by Crippen LogP contribution is -2.31. The van der Waals surface area contributed by atoms with E-state index >= 15 is 0 Å². The fourth-order valence-corrected chi connectivity index (χ4v) is 2.43. The third-order valence-corrected chi connectivity index (χ3v) is 3.97. The van der Waals surface area contributed by atoms with Crippen LogP contribution in [0.25, 0.3) is 0 Å². The molecule has 0 saturated carbocycles. The van der Waals surface area contributed by atoms with Crippen molar-refractivity contribution in [2.24, 2.45) is 5.92 Å². The lowest BCUT2D eigenvalue weighted by molar-refractivity contribution is -0.115. The van der Waals surface area contributed by atoms with Crippen LogP contribution >= 0.6 is 11.6 Å². The quantitative estimate of drug-likeness (QED) is 0.710. The number of carbonyl (C=O) groups is 1. The molecule has 4 heteroatoms. The predicted octanol–water partition coefficient (Wildman–Crippen LogP) is 4.39. The van der Waals surface area contributed by atoms with E-state index in [1.807, 2.05) is 19.1 Å². The number of anilines is 1. The van der Waals surface area contributed by atoms with E-state index in [9.17, 15) is 4.79 Å². The van der Waals surface area contributed by atoms with Gasteiger partial charge >= 0.3 is 0 Å². The summed E-state index contributed by atoms with van der Waals surface area (Å²) in [6.07, 6.45) is 4.87. The van der Waals surface area contributed by atoms with Gasteiger partial charge in [-0.25, -0.2) is 0 Å². The van der Waals surface area contributed by atoms with Gasteiger partial charge in [0.25, 0.3) is 0 Å². The molecule has 1 aromatic carbocycles. The number of benzene rings is 1. The second-order valence-electron chi connectivity index (χ2n) is 5.55. The fraction of sp³-hybridized carbons (Fsp3) is 0.588. The van der Waals surface area contributed by atoms with Gasteiger partial charge in [0, 0.05) is 10.7 Å². The Morgan fingerprint density at radius 2 is 2.10 bits per heavy atom. The number of nitrogens with one attached hydrogen (secondary N) is 2. The van der Waals surface area contributed by atoms with Crippen molar-refractivity contribution in [3.05, 3.63) is 28.8 Å². The molecule has 1 atom stereocenters. The molecule has 0 radical (unpaired) electrons. The largest absolute Gasteiger partial charge is 0.325 e. The standard InChI is InChI=1S/C17H27ClN2O/c1-4-6-7-14(5-2)11-19-12-17(21)20-16-10-15(18)9-8-13(16)3/h8-10,14,19H,4-7,11-12H2,1-3H3,(H,20,21). The minimum absolute atomic E-state index is 0.0225. The van der Waals surface area contributed by atoms with E-state index in [4.69, 9.17) is 11.6 Å². The van der Waals surface area contributed by atoms with Crippen LogP contribution in [0.5, 0.6) is 0 Å². The van der Waals surface area contributed by atoms with Crippen molar-refractivity contribution >= 4 is 23.2 Å². The first kappa shape index (κ1) is 18.0. The van der Waals surface area contributed by atoms with Gasteiger partial charge in [0.1, 0.15) is 0 Å². The van der Waals surface area contributed by atoms with E-state index in [1.165, 1.54) is 19.3 Å². The van der Waals surface area contributed by atoms with Crippen molar-refractivity contribution in [1.29, 1.82) is 0 Å². The molecule has 1 amide bonds. The van der Waals surface area contributed by atoms with Gasteiger partial charge in [-0.15, -0.1) is 0 Å². The Balaban J connectivity index is 2.35. The Morgan fingerprint density at radius 1 is 1.33 bits per heavy atom. The van der Waals surface area contributed by atoms with Crippen molar-refractivity contribution in [3.8, 4) is 0 Å². The van der Waals surface area contributed by atoms with Crippen LogP contribution in [0.15, 0.2) is 18.2 Å². The third-order valence-electron chi connectivity index (χ3n) is 3.74. The van der Waals surface area contributed by atoms with Gasteiger partial charge in [0.15, 0.2) is 0 Å². The lowest BCUT2D eigenvalue weighted by Gasteiger charge is -2.15. The van der Waals surface area contributed by atoms with Gasteiger partial charge in [0.2, 0.25) is 5.91 Å². The van der Waals surface area contributed by atoms with Crippen LogP contribution in [-0.4, -0.2) is 19.0 Å². The highest BCUT2D eigenvalue weighted by molar-refractivity contribution is 6.31. The molecule has 0 saturated heterocycles. The second kappa shape index (κ2) is 9.80. The van der Waals surface area contributed by atoms with Gasteiger partial charge in [-0.2, -0.15) is 0 Å². The fourth-order valence-electron chi connectivity index (χ4n) is 2.26. The Labute approximate surface area is 133 Å². The van der Waals surface area contributed by atoms with E-state index in [2.05, 4.69) is 24.5 Å². The molecule has 0 aliphatic rings. The minimum Gasteiger partial charge on any atom is -0.325 e. The Hall–Kier alpha value is -1.06. The van der Waals surface area contributed by atoms with E-state index in [1.54, 1.807) is 6.07 Å². The maximum Gasteiger partial charge on any atom is 0.238 e. The van der Waals surface area contributed by atoms with Crippen LogP contribution in [-0.2, 0) is 4.79 Å². The predicted molar refractivity (Wildman–Crippen MR) is 91.0 cm³/mol. The number of aryl methyl sites for hydroxylation is 1. The molecule has 0 bridgehead atoms. The lowest BCUT2D eigenvalue weighted by atomic mass is 9.99. The zero-order valence-corrected chi connectivity index (χ0v) is 14.1. The number of amides is 1. The molecule has 0 spiro atoms. The Kier molecular flexibility index (Phi) is 8.40. The summed E-state index contributed by atoms with van der Waals surface area (Å²) in [5, 5.41) is 6.79. The summed E-state index contributed by atoms with van der Waals surface area (Å²) in [7, 11) is 0. The molecule has 0 aromatic heterocycles. The summed E-state index contributed by atoms with van der Waals surface area (Å²) in [6, 6.07) is 5.51. The van der Waals surface area contributed by atoms with E-state index in [-0.39, 0.29) is 5.91 Å². The molecule has 2 N–H and O–H groups in total. The molecular weight excluding hydrogens is 284 g/mol. The molecule has 0 aliphatic carbocycles. The van der Waals surface area contributed by atoms with Crippen LogP contribution in [0, 0.1) is 12.8 Å². The summed E-state index contributed by atoms with van der Waals surface area (Å²) >= 11 is 5.95. The van der Waals surface area contributed by atoms with Gasteiger partial charge < -0.3 is 10.6 Å². The highest BCUT2D eigenvalue weighted by atomic mass is 35.5. The SMILES string of the molecule is CCCCC(CC)CNCC(=O)Nc1cc(Cl)ccc1C. The molecule has 0 aliphatic heterocycles. The average molecular weight is 311 g/mol. The maximum absolute atomic E-state index is 11.9. The van der Waals surface area contributed by atoms with Crippen LogP contribution in [0.2, 0.25) is 5.02 Å². The average Bonchev–Trinajstić information content (AvgIpc) is 2.46. The van der Waals surface area contributed by atoms with E-state index in [0.29, 0.717) is 17.5 Å². The smallest absolute Gasteiger partial charge is 0.238 e. The molecule has 0 heterocycles. The van der Waals surface area contributed by atoms with Crippen molar-refractivity contribution in [1.82, 2.24) is 5.32 Å². The minimum atomic E-state index is -0.0225. The number of halogens is 1. The second-order valence-corrected chi connectivity index (χ2v) is 5.99. The molecule has 1 rings (SSSR count). The molecule has 1 aromatic rings. The van der Waals surface area contributed by atoms with Crippen molar-refractivity contribution in [2.45, 2.75) is 46.5 Å². The van der Waals surface area contributed by atoms with E-state index in [0.717, 1.165) is 24.2 Å². The van der Waals surface area contributed by atoms with Gasteiger partial charge in [-0.3, -0.25) is 4.79 Å². The van der Waals surface area contributed by atoms with Gasteiger partial charge in [-0.05, 0) is 43.5 Å². The number of unbranched alkanes of at least 4 members (excludes halogenated alkanes) is 1. The first-order valence-corrected chi connectivity index (χ1v) is 8.21. The zero-order valence-electron chi connectivity index (χ0n) is 13.3. The molecule has 118 valence electrons. The van der Waals surface area contributed by atoms with Crippen LogP contribution < -0.4 is 10.6 Å². The molecule has 21 heavy (non-hydrogen) atoms. The summed E-state index contributed by atoms with van der Waals surface area (Å²) in [5.74, 6) is 0.636. The van der Waals surface area contributed by atoms with E-state index < -0.39 is 0 Å². The summed E-state index contributed by atoms with van der Waals surface area (Å²) < 4.78 is 0. The van der Waals surface area contributed by atoms with Crippen LogP contribution in [0.4, 0.5) is 5.69 Å². The number of rotatable bonds is 9. The summed E-state index contributed by atoms with van der Waals surface area (Å²) in [4.78, 5) is 11.9. The first-order chi connectivity index (χ1) is 10.1. The Morgan fingerprint density at radius 3 is 2.76 bits per heavy atom. The molecule has 3 nitrogen and oxygen atoms in total. The van der Waals surface area contributed by atoms with Crippen LogP contribution in [0.1, 0.15) is 45.1 Å². The highest BCUT2D eigenvalue weighted by Gasteiger charge is 2.08. The number of hydrogen-bond donors (Lipinski definition) is 2. The Bertz CT molecular complexity index is 448. The summed E-state index contributed by atoms with van der Waals surface area (Å²) in [5.41, 5.74) is 1.80. The van der Waals surface area contributed by atoms with Gasteiger partial charge in [-0.1, -0.05) is 50.8 Å². The summed E-state index contributed by atoms with van der Waals surface area (Å²) in [6.45, 7) is 7.61. The highest BCUT2D eigenvalue weighted by Crippen LogP contribution is 2.19. The normalized spacial score (nSPS) is 12.2. The molecule has 0 fully saturated rings. The molecular formula is C17H27ClN2O. The van der Waals surface area contributed by atoms with Crippen LogP contribution in [0.3, 0.4) is 0 Å². The number of carbonyl (C=O) groups excluding carboxylic acids is 1. The topological polar surface area (TPSA) is 41.1 Å². The number of hydrogen-bond acceptors (Lipinski definition) is 2. The third kappa shape index (κ3) is 6.96. The first-order valence-electron chi connectivity index (χ1n) is 7.83. The monoisotopic (exact) mass is 310 g/mol. The van der Waals surface area contributed by atoms with Crippen molar-refractivity contribution < 1.29 is 4.79 Å². The maximum atomic E-state index is 11.9. The van der Waals surface area contributed by atoms with Crippen molar-refractivity contribution in [2.75, 3.05) is 18.4 Å².